The number of carbonyl (C=O) groups excluding carboxylic acids is 1. The van der Waals surface area contributed by atoms with Crippen LogP contribution in [-0.4, -0.2) is 11.9 Å². The average molecular weight is 296 g/mol. The van der Waals surface area contributed by atoms with Crippen molar-refractivity contribution in [3.8, 4) is 0 Å². The van der Waals surface area contributed by atoms with Gasteiger partial charge < -0.3 is 5.32 Å². The predicted octanol–water partition coefficient (Wildman–Crippen LogP) is 5.77. The molecule has 0 aromatic heterocycles. The van der Waals surface area contributed by atoms with Crippen LogP contribution >= 0.6 is 0 Å². The molecule has 124 valence electrons. The molecule has 0 rings (SSSR count). The maximum absolute atomic E-state index is 11.8. The maximum Gasteiger partial charge on any atom is 0.243 e. The molecule has 0 heterocycles. The van der Waals surface area contributed by atoms with Gasteiger partial charge in [0.15, 0.2) is 0 Å². The Balaban J connectivity index is 3.68. The van der Waals surface area contributed by atoms with Crippen molar-refractivity contribution < 1.29 is 4.79 Å². The number of nitrogens with one attached hydrogen (secondary N) is 1. The van der Waals surface area contributed by atoms with E-state index in [2.05, 4.69) is 26.1 Å². The summed E-state index contributed by atoms with van der Waals surface area (Å²) >= 11 is 0. The fourth-order valence-electron chi connectivity index (χ4n) is 2.50. The van der Waals surface area contributed by atoms with E-state index in [-0.39, 0.29) is 5.91 Å². The molecule has 0 bridgehead atoms. The molecule has 1 atom stereocenters. The van der Waals surface area contributed by atoms with Crippen LogP contribution in [0, 0.1) is 0 Å². The molecule has 1 amide bonds. The molecule has 1 unspecified atom stereocenters. The molecule has 0 saturated heterocycles. The van der Waals surface area contributed by atoms with Crippen LogP contribution < -0.4 is 5.32 Å². The highest BCUT2D eigenvalue weighted by Crippen LogP contribution is 2.08. The molecular weight excluding hydrogens is 258 g/mol. The van der Waals surface area contributed by atoms with Crippen molar-refractivity contribution >= 4 is 5.91 Å². The summed E-state index contributed by atoms with van der Waals surface area (Å²) in [7, 11) is 0. The lowest BCUT2D eigenvalue weighted by Crippen LogP contribution is -2.33. The van der Waals surface area contributed by atoms with Crippen molar-refractivity contribution in [2.24, 2.45) is 0 Å². The van der Waals surface area contributed by atoms with Crippen molar-refractivity contribution in [3.05, 3.63) is 12.2 Å². The standard InChI is InChI=1S/C19H37NO/c1-4-7-9-11-12-13-15-17-19(21)20-18(6-3)16-14-10-8-5-2/h15,17-18H,4-14,16H2,1-3H3,(H,20,21)/b17-15+. The molecule has 0 spiro atoms. The van der Waals surface area contributed by atoms with E-state index in [1.165, 1.54) is 57.8 Å². The average Bonchev–Trinajstić information content (AvgIpc) is 2.49. The molecule has 0 aliphatic rings. The van der Waals surface area contributed by atoms with Crippen LogP contribution in [-0.2, 0) is 4.79 Å². The van der Waals surface area contributed by atoms with Gasteiger partial charge in [-0.3, -0.25) is 4.79 Å². The third-order valence-corrected chi connectivity index (χ3v) is 3.99. The van der Waals surface area contributed by atoms with Crippen molar-refractivity contribution in [3.63, 3.8) is 0 Å². The van der Waals surface area contributed by atoms with Crippen molar-refractivity contribution in [1.29, 1.82) is 0 Å². The molecule has 21 heavy (non-hydrogen) atoms. The van der Waals surface area contributed by atoms with Gasteiger partial charge in [0.2, 0.25) is 5.91 Å². The van der Waals surface area contributed by atoms with Gasteiger partial charge in [0.1, 0.15) is 0 Å². The number of allylic oxidation sites excluding steroid dienone is 1. The van der Waals surface area contributed by atoms with Gasteiger partial charge in [-0.2, -0.15) is 0 Å². The van der Waals surface area contributed by atoms with Crippen LogP contribution in [0.5, 0.6) is 0 Å². The van der Waals surface area contributed by atoms with Crippen LogP contribution in [0.15, 0.2) is 12.2 Å². The molecular formula is C19H37NO. The van der Waals surface area contributed by atoms with Crippen LogP contribution in [0.3, 0.4) is 0 Å². The highest BCUT2D eigenvalue weighted by molar-refractivity contribution is 5.87. The predicted molar refractivity (Wildman–Crippen MR) is 93.5 cm³/mol. The first-order chi connectivity index (χ1) is 10.2. The second-order valence-electron chi connectivity index (χ2n) is 6.07. The monoisotopic (exact) mass is 295 g/mol. The number of hydrogen-bond donors (Lipinski definition) is 1. The van der Waals surface area contributed by atoms with Crippen LogP contribution in [0.25, 0.3) is 0 Å². The van der Waals surface area contributed by atoms with Crippen LogP contribution in [0.2, 0.25) is 0 Å². The summed E-state index contributed by atoms with van der Waals surface area (Å²) in [5, 5.41) is 3.13. The Bertz CT molecular complexity index is 260. The van der Waals surface area contributed by atoms with E-state index in [0.29, 0.717) is 6.04 Å². The summed E-state index contributed by atoms with van der Waals surface area (Å²) in [5.41, 5.74) is 0. The van der Waals surface area contributed by atoms with E-state index < -0.39 is 0 Å². The molecule has 2 nitrogen and oxygen atoms in total. The second-order valence-corrected chi connectivity index (χ2v) is 6.07. The molecule has 0 aliphatic heterocycles. The molecule has 0 aromatic rings. The minimum atomic E-state index is 0.0888. The summed E-state index contributed by atoms with van der Waals surface area (Å²) in [6, 6.07) is 0.351. The van der Waals surface area contributed by atoms with Gasteiger partial charge in [-0.25, -0.2) is 0 Å². The third kappa shape index (κ3) is 13.9. The Morgan fingerprint density at radius 3 is 2.14 bits per heavy atom. The Morgan fingerprint density at radius 2 is 1.52 bits per heavy atom. The van der Waals surface area contributed by atoms with E-state index in [1.807, 2.05) is 6.08 Å². The highest BCUT2D eigenvalue weighted by atomic mass is 16.1. The fraction of sp³-hybridized carbons (Fsp3) is 0.842. The van der Waals surface area contributed by atoms with E-state index >= 15 is 0 Å². The molecule has 0 saturated carbocycles. The Kier molecular flexibility index (Phi) is 15.0. The van der Waals surface area contributed by atoms with Gasteiger partial charge in [0.05, 0.1) is 0 Å². The van der Waals surface area contributed by atoms with Crippen LogP contribution in [0.1, 0.15) is 97.8 Å². The van der Waals surface area contributed by atoms with Gasteiger partial charge in [-0.1, -0.05) is 78.2 Å². The number of amides is 1. The third-order valence-electron chi connectivity index (χ3n) is 3.99. The van der Waals surface area contributed by atoms with E-state index in [4.69, 9.17) is 0 Å². The summed E-state index contributed by atoms with van der Waals surface area (Å²) in [6.07, 6.45) is 18.5. The normalized spacial score (nSPS) is 12.7. The van der Waals surface area contributed by atoms with Gasteiger partial charge in [0.25, 0.3) is 0 Å². The maximum atomic E-state index is 11.8. The zero-order valence-electron chi connectivity index (χ0n) is 14.6. The largest absolute Gasteiger partial charge is 0.350 e. The number of hydrogen-bond acceptors (Lipinski definition) is 1. The minimum Gasteiger partial charge on any atom is -0.350 e. The van der Waals surface area contributed by atoms with Crippen molar-refractivity contribution in [2.45, 2.75) is 104 Å². The first-order valence-electron chi connectivity index (χ1n) is 9.21. The van der Waals surface area contributed by atoms with Crippen molar-refractivity contribution in [2.75, 3.05) is 0 Å². The zero-order valence-corrected chi connectivity index (χ0v) is 14.6. The SMILES string of the molecule is CCCCCCC/C=C/C(=O)NC(CC)CCCCCC. The summed E-state index contributed by atoms with van der Waals surface area (Å²) in [4.78, 5) is 11.8. The van der Waals surface area contributed by atoms with Crippen molar-refractivity contribution in [1.82, 2.24) is 5.32 Å². The molecule has 0 fully saturated rings. The summed E-state index contributed by atoms with van der Waals surface area (Å²) in [6.45, 7) is 6.62. The quantitative estimate of drug-likeness (QED) is 0.320. The Labute approximate surface area is 132 Å². The minimum absolute atomic E-state index is 0.0888. The van der Waals surface area contributed by atoms with Gasteiger partial charge in [0, 0.05) is 6.04 Å². The van der Waals surface area contributed by atoms with E-state index in [0.717, 1.165) is 19.3 Å². The van der Waals surface area contributed by atoms with Gasteiger partial charge in [-0.05, 0) is 31.8 Å². The lowest BCUT2D eigenvalue weighted by molar-refractivity contribution is -0.117. The van der Waals surface area contributed by atoms with Crippen LogP contribution in [0.4, 0.5) is 0 Å². The van der Waals surface area contributed by atoms with E-state index in [9.17, 15) is 4.79 Å². The highest BCUT2D eigenvalue weighted by Gasteiger charge is 2.07. The summed E-state index contributed by atoms with van der Waals surface area (Å²) in [5.74, 6) is 0.0888. The van der Waals surface area contributed by atoms with Gasteiger partial charge >= 0.3 is 0 Å². The summed E-state index contributed by atoms with van der Waals surface area (Å²) < 4.78 is 0. The number of carbonyl (C=O) groups is 1. The Hall–Kier alpha value is -0.790. The first kappa shape index (κ1) is 20.2. The Morgan fingerprint density at radius 1 is 0.905 bits per heavy atom. The molecule has 0 radical (unpaired) electrons. The molecule has 1 N–H and O–H groups in total. The molecule has 2 heteroatoms. The first-order valence-corrected chi connectivity index (χ1v) is 9.21. The lowest BCUT2D eigenvalue weighted by atomic mass is 10.1. The lowest BCUT2D eigenvalue weighted by Gasteiger charge is -2.15. The number of unbranched alkanes of at least 4 members (excludes halogenated alkanes) is 8. The molecule has 0 aromatic carbocycles. The van der Waals surface area contributed by atoms with E-state index in [1.54, 1.807) is 6.08 Å². The topological polar surface area (TPSA) is 29.1 Å². The second kappa shape index (κ2) is 15.6. The zero-order chi connectivity index (χ0) is 15.8. The molecule has 0 aliphatic carbocycles. The van der Waals surface area contributed by atoms with Gasteiger partial charge in [-0.15, -0.1) is 0 Å². The fourth-order valence-corrected chi connectivity index (χ4v) is 2.50. The smallest absolute Gasteiger partial charge is 0.243 e. The number of rotatable bonds is 14.